The van der Waals surface area contributed by atoms with E-state index >= 15 is 0 Å². The third kappa shape index (κ3) is 6.45. The lowest BCUT2D eigenvalue weighted by Crippen LogP contribution is -2.13. The highest BCUT2D eigenvalue weighted by Gasteiger charge is 2.21. The molecule has 0 spiro atoms. The van der Waals surface area contributed by atoms with Crippen LogP contribution in [0.25, 0.3) is 0 Å². The molecule has 1 fully saturated rings. The Morgan fingerprint density at radius 1 is 1.10 bits per heavy atom. The number of unbranched alkanes of at least 4 members (excludes halogenated alkanes) is 2. The summed E-state index contributed by atoms with van der Waals surface area (Å²) < 4.78 is 0. The molecule has 1 aliphatic carbocycles. The molecule has 0 radical (unpaired) electrons. The number of hydrogen-bond acceptors (Lipinski definition) is 2. The molecule has 0 saturated heterocycles. The molecule has 0 aromatic heterocycles. The summed E-state index contributed by atoms with van der Waals surface area (Å²) in [5, 5.41) is 7.36. The van der Waals surface area contributed by atoms with E-state index in [0.717, 1.165) is 11.8 Å². The van der Waals surface area contributed by atoms with Gasteiger partial charge in [-0.05, 0) is 55.3 Å². The van der Waals surface area contributed by atoms with E-state index in [4.69, 9.17) is 5.41 Å². The fourth-order valence-corrected chi connectivity index (χ4v) is 3.19. The van der Waals surface area contributed by atoms with Crippen molar-refractivity contribution in [3.63, 3.8) is 0 Å². The van der Waals surface area contributed by atoms with E-state index in [-0.39, 0.29) is 0 Å². The first-order valence-corrected chi connectivity index (χ1v) is 8.31. The topological polar surface area (TPSA) is 23.9 Å². The van der Waals surface area contributed by atoms with Crippen molar-refractivity contribution >= 4 is 17.4 Å². The molecule has 1 saturated carbocycles. The van der Waals surface area contributed by atoms with Gasteiger partial charge in [0.25, 0.3) is 0 Å². The molecule has 0 aliphatic heterocycles. The maximum absolute atomic E-state index is 5.77. The summed E-state index contributed by atoms with van der Waals surface area (Å²) in [4.78, 5) is 0. The molecule has 1 nitrogen and oxygen atoms in total. The zero-order chi connectivity index (χ0) is 14.6. The first kappa shape index (κ1) is 17.1. The predicted molar refractivity (Wildman–Crippen MR) is 90.6 cm³/mol. The molecule has 0 heterocycles. The molecule has 1 aromatic carbocycles. The van der Waals surface area contributed by atoms with Crippen molar-refractivity contribution in [1.82, 2.24) is 0 Å². The molecule has 20 heavy (non-hydrogen) atoms. The van der Waals surface area contributed by atoms with E-state index in [2.05, 4.69) is 49.5 Å². The summed E-state index contributed by atoms with van der Waals surface area (Å²) in [7, 11) is 0. The predicted octanol–water partition coefficient (Wildman–Crippen LogP) is 6.21. The minimum absolute atomic E-state index is 0.846. The van der Waals surface area contributed by atoms with Crippen LogP contribution in [-0.2, 0) is 0 Å². The second-order valence-corrected chi connectivity index (χ2v) is 5.93. The summed E-state index contributed by atoms with van der Waals surface area (Å²) in [6.45, 7) is 2.30. The molecule has 0 amide bonds. The van der Waals surface area contributed by atoms with E-state index in [9.17, 15) is 0 Å². The third-order valence-electron chi connectivity index (χ3n) is 4.33. The molecule has 2 rings (SSSR count). The highest BCUT2D eigenvalue weighted by molar-refractivity contribution is 7.78. The second kappa shape index (κ2) is 10.8. The van der Waals surface area contributed by atoms with Crippen molar-refractivity contribution in [2.24, 2.45) is 5.92 Å². The summed E-state index contributed by atoms with van der Waals surface area (Å²) in [6, 6.07) is 11.1. The van der Waals surface area contributed by atoms with Crippen LogP contribution < -0.4 is 0 Å². The lowest BCUT2D eigenvalue weighted by Gasteiger charge is -2.28. The molecule has 0 atom stereocenters. The van der Waals surface area contributed by atoms with Crippen molar-refractivity contribution in [2.45, 2.75) is 64.2 Å². The molecule has 1 N–H and O–H groups in total. The van der Waals surface area contributed by atoms with Gasteiger partial charge in [-0.25, -0.2) is 5.41 Å². The molecule has 0 bridgehead atoms. The fraction of sp³-hybridized carbons (Fsp3) is 0.611. The third-order valence-corrected chi connectivity index (χ3v) is 4.33. The molecule has 110 valence electrons. The molecule has 2 heteroatoms. The Kier molecular flexibility index (Phi) is 9.19. The molecule has 0 unspecified atom stereocenters. The van der Waals surface area contributed by atoms with Crippen LogP contribution in [0.3, 0.4) is 0 Å². The van der Waals surface area contributed by atoms with Crippen LogP contribution in [0.4, 0.5) is 0 Å². The van der Waals surface area contributed by atoms with Gasteiger partial charge in [-0.3, -0.25) is 0 Å². The maximum atomic E-state index is 5.77. The number of isothiocyanates is 1. The SMILES string of the molecule is CCCCCC1CCC(c2ccccc2)CC1.N=C=S. The van der Waals surface area contributed by atoms with Crippen LogP contribution in [0.2, 0.25) is 0 Å². The first-order valence-electron chi connectivity index (χ1n) is 7.90. The van der Waals surface area contributed by atoms with Gasteiger partial charge in [0.2, 0.25) is 0 Å². The van der Waals surface area contributed by atoms with Gasteiger partial charge < -0.3 is 0 Å². The Morgan fingerprint density at radius 3 is 2.25 bits per heavy atom. The molecule has 1 aliphatic rings. The average Bonchev–Trinajstić information content (AvgIpc) is 2.50. The largest absolute Gasteiger partial charge is 0.248 e. The van der Waals surface area contributed by atoms with Crippen LogP contribution in [0.1, 0.15) is 69.8 Å². The Labute approximate surface area is 129 Å². The Morgan fingerprint density at radius 2 is 1.70 bits per heavy atom. The first-order chi connectivity index (χ1) is 9.81. The lowest BCUT2D eigenvalue weighted by atomic mass is 9.77. The smallest absolute Gasteiger partial charge is 0.0554 e. The zero-order valence-electron chi connectivity index (χ0n) is 12.6. The van der Waals surface area contributed by atoms with Gasteiger partial charge in [-0.15, -0.1) is 0 Å². The zero-order valence-corrected chi connectivity index (χ0v) is 13.4. The van der Waals surface area contributed by atoms with Crippen molar-refractivity contribution in [1.29, 1.82) is 5.41 Å². The number of thiocarbonyl (C=S) groups is 1. The van der Waals surface area contributed by atoms with Crippen molar-refractivity contribution in [2.75, 3.05) is 0 Å². The molecule has 1 aromatic rings. The van der Waals surface area contributed by atoms with Gasteiger partial charge >= 0.3 is 0 Å². The van der Waals surface area contributed by atoms with Gasteiger partial charge in [0.1, 0.15) is 0 Å². The van der Waals surface area contributed by atoms with Crippen molar-refractivity contribution in [3.05, 3.63) is 35.9 Å². The second-order valence-electron chi connectivity index (χ2n) is 5.73. The normalized spacial score (nSPS) is 21.4. The van der Waals surface area contributed by atoms with E-state index in [0.29, 0.717) is 0 Å². The Balaban J connectivity index is 0.000000612. The minimum Gasteiger partial charge on any atom is -0.248 e. The standard InChI is InChI=1S/C17H26.CHNS/c1-2-3-5-8-15-11-13-17(14-12-15)16-9-6-4-7-10-16;2-1-3/h4,6-7,9-10,15,17H,2-3,5,8,11-14H2,1H3;2H. The summed E-state index contributed by atoms with van der Waals surface area (Å²) in [5.74, 6) is 1.88. The quantitative estimate of drug-likeness (QED) is 0.389. The fourth-order valence-electron chi connectivity index (χ4n) is 3.19. The maximum Gasteiger partial charge on any atom is 0.0554 e. The number of nitrogens with one attached hydrogen (secondary N) is 1. The highest BCUT2D eigenvalue weighted by atomic mass is 32.1. The van der Waals surface area contributed by atoms with Crippen LogP contribution in [0.15, 0.2) is 30.3 Å². The highest BCUT2D eigenvalue weighted by Crippen LogP contribution is 2.37. The van der Waals surface area contributed by atoms with E-state index in [1.165, 1.54) is 51.4 Å². The number of hydrogen-bond donors (Lipinski definition) is 1. The van der Waals surface area contributed by atoms with Crippen LogP contribution in [-0.4, -0.2) is 5.16 Å². The van der Waals surface area contributed by atoms with Crippen molar-refractivity contribution in [3.8, 4) is 0 Å². The van der Waals surface area contributed by atoms with Gasteiger partial charge in [0, 0.05) is 0 Å². The van der Waals surface area contributed by atoms with E-state index in [1.807, 2.05) is 0 Å². The van der Waals surface area contributed by atoms with Gasteiger partial charge in [-0.2, -0.15) is 0 Å². The number of benzene rings is 1. The molecular formula is C18H27NS. The summed E-state index contributed by atoms with van der Waals surface area (Å²) in [5.41, 5.74) is 1.57. The van der Waals surface area contributed by atoms with Crippen LogP contribution in [0.5, 0.6) is 0 Å². The lowest BCUT2D eigenvalue weighted by molar-refractivity contribution is 0.303. The summed E-state index contributed by atoms with van der Waals surface area (Å²) >= 11 is 3.81. The Hall–Kier alpha value is -0.980. The average molecular weight is 289 g/mol. The van der Waals surface area contributed by atoms with E-state index < -0.39 is 0 Å². The minimum atomic E-state index is 0.846. The monoisotopic (exact) mass is 289 g/mol. The van der Waals surface area contributed by atoms with Gasteiger partial charge in [0.05, 0.1) is 5.16 Å². The van der Waals surface area contributed by atoms with Crippen LogP contribution in [0, 0.1) is 11.3 Å². The van der Waals surface area contributed by atoms with Gasteiger partial charge in [0.15, 0.2) is 0 Å². The summed E-state index contributed by atoms with van der Waals surface area (Å²) in [6.07, 6.45) is 11.5. The molecular weight excluding hydrogens is 262 g/mol. The van der Waals surface area contributed by atoms with E-state index in [1.54, 1.807) is 10.7 Å². The van der Waals surface area contributed by atoms with Crippen LogP contribution >= 0.6 is 12.2 Å². The van der Waals surface area contributed by atoms with Gasteiger partial charge in [-0.1, -0.05) is 62.9 Å². The Bertz CT molecular complexity index is 374. The number of rotatable bonds is 5. The van der Waals surface area contributed by atoms with Crippen molar-refractivity contribution < 1.29 is 0 Å².